The van der Waals surface area contributed by atoms with E-state index >= 15 is 0 Å². The van der Waals surface area contributed by atoms with E-state index in [0.29, 0.717) is 5.15 Å². The lowest BCUT2D eigenvalue weighted by atomic mass is 9.87. The zero-order chi connectivity index (χ0) is 10.8. The smallest absolute Gasteiger partial charge is 0.129 e. The number of hydrogen-bond acceptors (Lipinski definition) is 2. The molecule has 0 aliphatic rings. The molecule has 0 atom stereocenters. The van der Waals surface area contributed by atoms with Crippen molar-refractivity contribution in [3.05, 3.63) is 29.0 Å². The molecule has 0 bridgehead atoms. The second-order valence-electron chi connectivity index (χ2n) is 3.54. The first kappa shape index (κ1) is 11.5. The number of thiol groups is 1. The summed E-state index contributed by atoms with van der Waals surface area (Å²) in [6, 6.07) is 3.71. The molecule has 0 amide bonds. The van der Waals surface area contributed by atoms with Crippen LogP contribution in [0.4, 0.5) is 0 Å². The van der Waals surface area contributed by atoms with E-state index < -0.39 is 0 Å². The molecule has 4 heteroatoms. The zero-order valence-electron chi connectivity index (χ0n) is 8.45. The van der Waals surface area contributed by atoms with Gasteiger partial charge in [0.15, 0.2) is 0 Å². The lowest BCUT2D eigenvalue weighted by Crippen LogP contribution is -2.25. The van der Waals surface area contributed by atoms with E-state index in [1.54, 1.807) is 19.3 Å². The fourth-order valence-electron chi connectivity index (χ4n) is 1.15. The molecule has 2 nitrogen and oxygen atoms in total. The van der Waals surface area contributed by atoms with Gasteiger partial charge in [-0.05, 0) is 25.5 Å². The predicted octanol–water partition coefficient (Wildman–Crippen LogP) is 2.97. The van der Waals surface area contributed by atoms with Gasteiger partial charge in [-0.3, -0.25) is 4.99 Å². The van der Waals surface area contributed by atoms with Crippen molar-refractivity contribution in [2.75, 3.05) is 7.05 Å². The minimum atomic E-state index is -0.213. The number of hydrogen-bond donors (Lipinski definition) is 1. The van der Waals surface area contributed by atoms with Gasteiger partial charge >= 0.3 is 0 Å². The molecule has 0 N–H and O–H groups in total. The van der Waals surface area contributed by atoms with Gasteiger partial charge in [0.2, 0.25) is 0 Å². The lowest BCUT2D eigenvalue weighted by Gasteiger charge is -2.23. The molecule has 0 spiro atoms. The van der Waals surface area contributed by atoms with Crippen LogP contribution in [0.1, 0.15) is 19.4 Å². The number of rotatable bonds is 2. The molecule has 0 aromatic carbocycles. The van der Waals surface area contributed by atoms with Crippen molar-refractivity contribution in [2.24, 2.45) is 4.99 Å². The van der Waals surface area contributed by atoms with Gasteiger partial charge in [-0.15, -0.1) is 12.6 Å². The summed E-state index contributed by atoms with van der Waals surface area (Å²) in [6.45, 7) is 4.10. The summed E-state index contributed by atoms with van der Waals surface area (Å²) in [6.07, 6.45) is 1.75. The molecule has 0 unspecified atom stereocenters. The molecule has 0 aliphatic heterocycles. The second-order valence-corrected chi connectivity index (χ2v) is 4.35. The molecule has 1 aromatic heterocycles. The van der Waals surface area contributed by atoms with Gasteiger partial charge in [0, 0.05) is 18.7 Å². The summed E-state index contributed by atoms with van der Waals surface area (Å²) in [5, 5.41) is 1.28. The van der Waals surface area contributed by atoms with Crippen molar-refractivity contribution in [2.45, 2.75) is 19.3 Å². The predicted molar refractivity (Wildman–Crippen MR) is 64.6 cm³/mol. The van der Waals surface area contributed by atoms with Gasteiger partial charge in [-0.2, -0.15) is 0 Å². The van der Waals surface area contributed by atoms with Gasteiger partial charge in [0.25, 0.3) is 0 Å². The van der Waals surface area contributed by atoms with E-state index in [4.69, 9.17) is 11.6 Å². The Labute approximate surface area is 94.8 Å². The topological polar surface area (TPSA) is 25.2 Å². The van der Waals surface area contributed by atoms with Crippen LogP contribution >= 0.6 is 24.2 Å². The molecular formula is C10H13ClN2S. The van der Waals surface area contributed by atoms with E-state index in [1.165, 1.54) is 0 Å². The van der Waals surface area contributed by atoms with Gasteiger partial charge in [0.05, 0.1) is 5.04 Å². The third-order valence-corrected chi connectivity index (χ3v) is 3.20. The van der Waals surface area contributed by atoms with Crippen LogP contribution < -0.4 is 0 Å². The Morgan fingerprint density at radius 3 is 2.57 bits per heavy atom. The van der Waals surface area contributed by atoms with E-state index in [0.717, 1.165) is 10.6 Å². The van der Waals surface area contributed by atoms with Gasteiger partial charge in [-0.25, -0.2) is 4.98 Å². The Morgan fingerprint density at radius 1 is 1.50 bits per heavy atom. The van der Waals surface area contributed by atoms with E-state index in [2.05, 4.69) is 22.6 Å². The van der Waals surface area contributed by atoms with Gasteiger partial charge in [-0.1, -0.05) is 17.7 Å². The van der Waals surface area contributed by atoms with Crippen molar-refractivity contribution in [3.63, 3.8) is 0 Å². The van der Waals surface area contributed by atoms with Crippen molar-refractivity contribution in [1.82, 2.24) is 4.98 Å². The highest BCUT2D eigenvalue weighted by atomic mass is 35.5. The summed E-state index contributed by atoms with van der Waals surface area (Å²) in [5.74, 6) is 0. The Balaban J connectivity index is 3.10. The van der Waals surface area contributed by atoms with E-state index in [-0.39, 0.29) is 5.41 Å². The van der Waals surface area contributed by atoms with Crippen molar-refractivity contribution >= 4 is 29.3 Å². The van der Waals surface area contributed by atoms with Crippen LogP contribution in [-0.4, -0.2) is 17.1 Å². The fraction of sp³-hybridized carbons (Fsp3) is 0.400. The highest BCUT2D eigenvalue weighted by Gasteiger charge is 2.24. The molecule has 0 fully saturated rings. The molecular weight excluding hydrogens is 216 g/mol. The number of nitrogens with zero attached hydrogens (tertiary/aromatic N) is 2. The van der Waals surface area contributed by atoms with Crippen LogP contribution in [0.15, 0.2) is 23.3 Å². The molecule has 0 saturated heterocycles. The second kappa shape index (κ2) is 4.32. The van der Waals surface area contributed by atoms with Crippen LogP contribution in [0.2, 0.25) is 5.15 Å². The van der Waals surface area contributed by atoms with Gasteiger partial charge < -0.3 is 0 Å². The normalized spacial score (nSPS) is 13.1. The maximum atomic E-state index is 5.71. The standard InChI is InChI=1S/C10H13ClN2S/c1-10(2,9(14)12-3)7-4-5-8(11)13-6-7/h4-6H,1-3H3,(H,12,14). The molecule has 14 heavy (non-hydrogen) atoms. The number of aliphatic imine (C=N–C) groups is 1. The lowest BCUT2D eigenvalue weighted by molar-refractivity contribution is 0.724. The van der Waals surface area contributed by atoms with Crippen LogP contribution in [-0.2, 0) is 5.41 Å². The molecule has 1 heterocycles. The highest BCUT2D eigenvalue weighted by Crippen LogP contribution is 2.26. The van der Waals surface area contributed by atoms with Crippen LogP contribution in [0.25, 0.3) is 0 Å². The molecule has 0 radical (unpaired) electrons. The Morgan fingerprint density at radius 2 is 2.14 bits per heavy atom. The maximum absolute atomic E-state index is 5.71. The fourth-order valence-corrected chi connectivity index (χ4v) is 1.40. The van der Waals surface area contributed by atoms with Crippen LogP contribution in [0.5, 0.6) is 0 Å². The zero-order valence-corrected chi connectivity index (χ0v) is 10.1. The molecule has 1 rings (SSSR count). The third kappa shape index (κ3) is 2.28. The van der Waals surface area contributed by atoms with Crippen LogP contribution in [0.3, 0.4) is 0 Å². The van der Waals surface area contributed by atoms with E-state index in [1.807, 2.05) is 19.9 Å². The Kier molecular flexibility index (Phi) is 3.56. The summed E-state index contributed by atoms with van der Waals surface area (Å²) in [7, 11) is 1.73. The Bertz CT molecular complexity index is 344. The molecule has 76 valence electrons. The molecule has 0 saturated carbocycles. The minimum absolute atomic E-state index is 0.213. The summed E-state index contributed by atoms with van der Waals surface area (Å²) < 4.78 is 0. The summed E-state index contributed by atoms with van der Waals surface area (Å²) >= 11 is 10.1. The third-order valence-electron chi connectivity index (χ3n) is 2.22. The molecule has 1 aromatic rings. The van der Waals surface area contributed by atoms with Gasteiger partial charge in [0.1, 0.15) is 5.15 Å². The van der Waals surface area contributed by atoms with E-state index in [9.17, 15) is 0 Å². The average Bonchev–Trinajstić information content (AvgIpc) is 2.17. The van der Waals surface area contributed by atoms with Crippen molar-refractivity contribution in [3.8, 4) is 0 Å². The first-order valence-electron chi connectivity index (χ1n) is 4.26. The summed E-state index contributed by atoms with van der Waals surface area (Å²) in [5.41, 5.74) is 0.840. The number of halogens is 1. The quantitative estimate of drug-likeness (QED) is 0.358. The first-order chi connectivity index (χ1) is 6.48. The molecule has 0 aliphatic carbocycles. The van der Waals surface area contributed by atoms with Crippen molar-refractivity contribution in [1.29, 1.82) is 0 Å². The monoisotopic (exact) mass is 228 g/mol. The average molecular weight is 229 g/mol. The maximum Gasteiger partial charge on any atom is 0.129 e. The first-order valence-corrected chi connectivity index (χ1v) is 5.09. The van der Waals surface area contributed by atoms with Crippen molar-refractivity contribution < 1.29 is 0 Å². The highest BCUT2D eigenvalue weighted by molar-refractivity contribution is 7.97. The summed E-state index contributed by atoms with van der Waals surface area (Å²) in [4.78, 5) is 8.12. The van der Waals surface area contributed by atoms with Crippen LogP contribution in [0, 0.1) is 0 Å². The minimum Gasteiger partial charge on any atom is -0.286 e. The Hall–Kier alpha value is -0.540. The SMILES string of the molecule is CN=C(S)C(C)(C)c1ccc(Cl)nc1. The largest absolute Gasteiger partial charge is 0.286 e. The number of aromatic nitrogens is 1. The number of pyridine rings is 1.